The van der Waals surface area contributed by atoms with Gasteiger partial charge in [0, 0.05) is 6.42 Å². The lowest BCUT2D eigenvalue weighted by atomic mass is 10.0. The maximum absolute atomic E-state index is 12.4. The highest BCUT2D eigenvalue weighted by molar-refractivity contribution is 5.76. The number of rotatable bonds is 37. The van der Waals surface area contributed by atoms with E-state index in [0.29, 0.717) is 6.42 Å². The van der Waals surface area contributed by atoms with Crippen molar-refractivity contribution in [3.8, 4) is 0 Å². The monoisotopic (exact) mass is 696 g/mol. The summed E-state index contributed by atoms with van der Waals surface area (Å²) in [5.74, 6) is -0.0724. The number of amides is 1. The number of unbranched alkanes of at least 4 members (excludes halogenated alkanes) is 20. The average molecular weight is 696 g/mol. The molecule has 3 N–H and O–H groups in total. The molecule has 0 radical (unpaired) electrons. The van der Waals surface area contributed by atoms with Gasteiger partial charge in [-0.25, -0.2) is 0 Å². The van der Waals surface area contributed by atoms with Crippen LogP contribution in [-0.4, -0.2) is 34.9 Å². The van der Waals surface area contributed by atoms with Crippen molar-refractivity contribution in [2.75, 3.05) is 6.61 Å². The number of hydrogen-bond donors (Lipinski definition) is 3. The summed E-state index contributed by atoms with van der Waals surface area (Å²) in [5.41, 5.74) is 0. The Bertz CT molecular complexity index is 884. The summed E-state index contributed by atoms with van der Waals surface area (Å²) in [7, 11) is 0. The minimum absolute atomic E-state index is 0.0724. The number of carbonyl (C=O) groups excluding carboxylic acids is 1. The zero-order chi connectivity index (χ0) is 36.4. The van der Waals surface area contributed by atoms with Crippen LogP contribution in [0.1, 0.15) is 194 Å². The zero-order valence-corrected chi connectivity index (χ0v) is 32.9. The molecular formula is C46H81NO3. The molecule has 0 heterocycles. The van der Waals surface area contributed by atoms with Gasteiger partial charge in [-0.2, -0.15) is 0 Å². The van der Waals surface area contributed by atoms with Crippen molar-refractivity contribution < 1.29 is 15.0 Å². The first kappa shape index (κ1) is 47.8. The van der Waals surface area contributed by atoms with Gasteiger partial charge in [0.1, 0.15) is 0 Å². The Hall–Kier alpha value is -2.17. The third kappa shape index (κ3) is 37.1. The van der Waals surface area contributed by atoms with Crippen LogP contribution in [0.15, 0.2) is 72.9 Å². The first-order valence-corrected chi connectivity index (χ1v) is 21.2. The van der Waals surface area contributed by atoms with Gasteiger partial charge in [0.25, 0.3) is 0 Å². The molecule has 288 valence electrons. The molecule has 4 nitrogen and oxygen atoms in total. The molecule has 0 aliphatic carbocycles. The summed E-state index contributed by atoms with van der Waals surface area (Å²) >= 11 is 0. The Morgan fingerprint density at radius 2 is 0.880 bits per heavy atom. The molecule has 0 fully saturated rings. The van der Waals surface area contributed by atoms with Crippen LogP contribution in [0.4, 0.5) is 0 Å². The first-order valence-electron chi connectivity index (χ1n) is 21.2. The van der Waals surface area contributed by atoms with E-state index < -0.39 is 12.1 Å². The second-order valence-electron chi connectivity index (χ2n) is 14.0. The van der Waals surface area contributed by atoms with E-state index in [0.717, 1.165) is 57.8 Å². The lowest BCUT2D eigenvalue weighted by Crippen LogP contribution is -2.45. The van der Waals surface area contributed by atoms with Crippen molar-refractivity contribution in [2.45, 2.75) is 206 Å². The predicted octanol–water partition coefficient (Wildman–Crippen LogP) is 13.1. The Labute approximate surface area is 310 Å². The fourth-order valence-corrected chi connectivity index (χ4v) is 5.97. The smallest absolute Gasteiger partial charge is 0.220 e. The van der Waals surface area contributed by atoms with E-state index in [4.69, 9.17) is 0 Å². The molecule has 0 bridgehead atoms. The normalized spacial score (nSPS) is 13.8. The van der Waals surface area contributed by atoms with Crippen molar-refractivity contribution in [2.24, 2.45) is 0 Å². The molecule has 2 atom stereocenters. The van der Waals surface area contributed by atoms with Gasteiger partial charge in [0.2, 0.25) is 5.91 Å². The number of hydrogen-bond acceptors (Lipinski definition) is 3. The molecule has 0 aliphatic heterocycles. The summed E-state index contributed by atoms with van der Waals surface area (Å²) in [6, 6.07) is -0.625. The first-order chi connectivity index (χ1) is 24.7. The van der Waals surface area contributed by atoms with E-state index in [1.807, 2.05) is 6.08 Å². The fourth-order valence-electron chi connectivity index (χ4n) is 5.97. The molecule has 0 aromatic rings. The molecule has 0 spiro atoms. The second kappa shape index (κ2) is 41.3. The third-order valence-corrected chi connectivity index (χ3v) is 9.20. The highest BCUT2D eigenvalue weighted by Crippen LogP contribution is 2.14. The van der Waals surface area contributed by atoms with Crippen molar-refractivity contribution in [3.05, 3.63) is 72.9 Å². The molecule has 1 amide bonds. The largest absolute Gasteiger partial charge is 0.394 e. The standard InChI is InChI=1S/C46H81NO3/c1-3-5-7-9-11-13-15-16-17-18-19-20-21-22-23-24-25-26-27-28-29-30-32-34-36-38-40-42-46(50)47-44(43-48)45(49)41-39-37-35-33-31-14-12-10-8-6-4-2/h5,7,11,13,16-17,19-20,22-23,39,41,44-45,48-49H,3-4,6,8-10,12,14-15,18,21,24-38,40,42-43H2,1-2H3,(H,47,50)/b7-5-,13-11-,17-16-,20-19-,23-22-,41-39+. The van der Waals surface area contributed by atoms with Crippen LogP contribution in [-0.2, 0) is 4.79 Å². The summed E-state index contributed by atoms with van der Waals surface area (Å²) in [6.07, 6.45) is 58.6. The SMILES string of the molecule is CC/C=C\C/C=C\C/C=C\C/C=C\C/C=C\CCCCCCCCCCCCCC(=O)NC(CO)C(O)/C=C/CCCCCCCCCCC. The number of nitrogens with one attached hydrogen (secondary N) is 1. The molecule has 0 aromatic carbocycles. The average Bonchev–Trinajstić information content (AvgIpc) is 3.12. The molecule has 0 saturated heterocycles. The maximum Gasteiger partial charge on any atom is 0.220 e. The number of carbonyl (C=O) groups is 1. The Balaban J connectivity index is 3.58. The van der Waals surface area contributed by atoms with E-state index in [2.05, 4.69) is 79.9 Å². The van der Waals surface area contributed by atoms with Gasteiger partial charge < -0.3 is 15.5 Å². The lowest BCUT2D eigenvalue weighted by Gasteiger charge is -2.20. The van der Waals surface area contributed by atoms with Gasteiger partial charge in [-0.3, -0.25) is 4.79 Å². The molecule has 0 rings (SSSR count). The Morgan fingerprint density at radius 3 is 1.32 bits per heavy atom. The van der Waals surface area contributed by atoms with E-state index in [1.165, 1.54) is 116 Å². The molecule has 4 heteroatoms. The minimum Gasteiger partial charge on any atom is -0.394 e. The third-order valence-electron chi connectivity index (χ3n) is 9.20. The van der Waals surface area contributed by atoms with Crippen LogP contribution in [0.5, 0.6) is 0 Å². The van der Waals surface area contributed by atoms with Gasteiger partial charge in [-0.15, -0.1) is 0 Å². The highest BCUT2D eigenvalue weighted by atomic mass is 16.3. The van der Waals surface area contributed by atoms with Crippen LogP contribution < -0.4 is 5.32 Å². The van der Waals surface area contributed by atoms with Crippen LogP contribution in [0.2, 0.25) is 0 Å². The van der Waals surface area contributed by atoms with Crippen molar-refractivity contribution in [1.29, 1.82) is 0 Å². The fraction of sp³-hybridized carbons (Fsp3) is 0.717. The van der Waals surface area contributed by atoms with Gasteiger partial charge in [0.05, 0.1) is 18.8 Å². The number of aliphatic hydroxyl groups is 2. The Morgan fingerprint density at radius 1 is 0.500 bits per heavy atom. The second-order valence-corrected chi connectivity index (χ2v) is 14.0. The summed E-state index contributed by atoms with van der Waals surface area (Å²) in [5, 5.41) is 22.9. The summed E-state index contributed by atoms with van der Waals surface area (Å²) in [4.78, 5) is 12.4. The topological polar surface area (TPSA) is 69.6 Å². The summed E-state index contributed by atoms with van der Waals surface area (Å²) < 4.78 is 0. The molecule has 0 aliphatic rings. The zero-order valence-electron chi connectivity index (χ0n) is 32.9. The van der Waals surface area contributed by atoms with Crippen LogP contribution in [0.3, 0.4) is 0 Å². The van der Waals surface area contributed by atoms with Crippen LogP contribution in [0.25, 0.3) is 0 Å². The minimum atomic E-state index is -0.841. The summed E-state index contributed by atoms with van der Waals surface area (Å²) in [6.45, 7) is 4.17. The molecule has 50 heavy (non-hydrogen) atoms. The quantitative estimate of drug-likeness (QED) is 0.0447. The molecule has 0 aromatic heterocycles. The van der Waals surface area contributed by atoms with E-state index in [9.17, 15) is 15.0 Å². The van der Waals surface area contributed by atoms with E-state index >= 15 is 0 Å². The predicted molar refractivity (Wildman–Crippen MR) is 220 cm³/mol. The molecule has 2 unspecified atom stereocenters. The van der Waals surface area contributed by atoms with Gasteiger partial charge in [-0.1, -0.05) is 196 Å². The maximum atomic E-state index is 12.4. The van der Waals surface area contributed by atoms with Crippen LogP contribution >= 0.6 is 0 Å². The lowest BCUT2D eigenvalue weighted by molar-refractivity contribution is -0.123. The molecular weight excluding hydrogens is 615 g/mol. The van der Waals surface area contributed by atoms with Gasteiger partial charge in [-0.05, 0) is 64.2 Å². The van der Waals surface area contributed by atoms with Crippen molar-refractivity contribution in [3.63, 3.8) is 0 Å². The number of allylic oxidation sites excluding steroid dienone is 11. The Kier molecular flexibility index (Phi) is 39.5. The van der Waals surface area contributed by atoms with Crippen molar-refractivity contribution >= 4 is 5.91 Å². The highest BCUT2D eigenvalue weighted by Gasteiger charge is 2.17. The van der Waals surface area contributed by atoms with Gasteiger partial charge in [0.15, 0.2) is 0 Å². The van der Waals surface area contributed by atoms with E-state index in [1.54, 1.807) is 6.08 Å². The number of aliphatic hydroxyl groups excluding tert-OH is 2. The van der Waals surface area contributed by atoms with Crippen LogP contribution in [0, 0.1) is 0 Å². The van der Waals surface area contributed by atoms with E-state index in [-0.39, 0.29) is 12.5 Å². The van der Waals surface area contributed by atoms with Crippen molar-refractivity contribution in [1.82, 2.24) is 5.32 Å². The van der Waals surface area contributed by atoms with Gasteiger partial charge >= 0.3 is 0 Å². The molecule has 0 saturated carbocycles.